The zero-order chi connectivity index (χ0) is 87.2. The van der Waals surface area contributed by atoms with Crippen LogP contribution in [0.25, 0.3) is 22.3 Å². The van der Waals surface area contributed by atoms with Crippen molar-refractivity contribution in [3.63, 3.8) is 0 Å². The minimum absolute atomic E-state index is 0.00646. The Bertz CT molecular complexity index is 5160. The number of halogens is 3. The third-order valence-corrected chi connectivity index (χ3v) is 25.9. The molecule has 26 nitrogen and oxygen atoms in total. The lowest BCUT2D eigenvalue weighted by Crippen LogP contribution is -2.50. The maximum absolute atomic E-state index is 14.2. The average Bonchev–Trinajstić information content (AvgIpc) is 1.01. The molecule has 0 bridgehead atoms. The number of piperazine rings is 5. The maximum Gasteiger partial charge on any atom is 0.255 e. The predicted octanol–water partition coefficient (Wildman–Crippen LogP) is 10.3. The molecular formula is C97H118F3N17O9. The van der Waals surface area contributed by atoms with Crippen LogP contribution in [0.4, 0.5) is 24.5 Å². The molecule has 5 aromatic carbocycles. The van der Waals surface area contributed by atoms with Gasteiger partial charge < -0.3 is 85.3 Å². The minimum Gasteiger partial charge on any atom is -0.473 e. The van der Waals surface area contributed by atoms with E-state index in [-0.39, 0.29) is 65.5 Å². The van der Waals surface area contributed by atoms with E-state index in [0.717, 1.165) is 206 Å². The van der Waals surface area contributed by atoms with Gasteiger partial charge in [-0.1, -0.05) is 49.1 Å². The van der Waals surface area contributed by atoms with Crippen LogP contribution in [0.15, 0.2) is 134 Å². The Labute approximate surface area is 736 Å². The highest BCUT2D eigenvalue weighted by molar-refractivity contribution is 6.00. The van der Waals surface area contributed by atoms with Crippen molar-refractivity contribution in [1.29, 1.82) is 0 Å². The number of carbonyl (C=O) groups is 6. The molecule has 10 fully saturated rings. The van der Waals surface area contributed by atoms with E-state index in [2.05, 4.69) is 82.9 Å². The first-order valence-corrected chi connectivity index (χ1v) is 45.4. The fourth-order valence-corrected chi connectivity index (χ4v) is 18.8. The molecule has 29 heteroatoms. The van der Waals surface area contributed by atoms with Gasteiger partial charge in [-0.05, 0) is 229 Å². The SMILES string of the molecule is Cc1cc(C(=O)N2CCN(C(=O)c3cnc(O[C@H]4CCNC4)c(-c4ccc(F)c(F)c4)c3)CC2)cc(N2CCNCC2)c1.Cc1cc(C(=O)N2CCN(C(=O)c3cnc(O[C@H]4CCNC4)c(-c4ccc(F)cc4)c3)CC2)cc(C2CCNCC2)c1.Cc1cc(C(=O)N2CCN(C(=O)c3cnc(O[C@H]4CCNC4)c(C4CCCCC4)c3)CC2)cc(N2CCNCC2)c1. The van der Waals surface area contributed by atoms with E-state index in [4.69, 9.17) is 19.2 Å². The molecule has 12 heterocycles. The third-order valence-electron chi connectivity index (χ3n) is 25.9. The summed E-state index contributed by atoms with van der Waals surface area (Å²) in [5.41, 5.74) is 13.4. The van der Waals surface area contributed by atoms with E-state index >= 15 is 0 Å². The number of pyridine rings is 3. The monoisotopic (exact) mass is 1720 g/mol. The number of amides is 6. The van der Waals surface area contributed by atoms with Gasteiger partial charge in [0.15, 0.2) is 11.6 Å². The molecule has 1 aliphatic carbocycles. The fraction of sp³-hybridized carbons (Fsp3) is 0.474. The van der Waals surface area contributed by atoms with Gasteiger partial charge in [-0.3, -0.25) is 28.8 Å². The van der Waals surface area contributed by atoms with Gasteiger partial charge in [-0.2, -0.15) is 0 Å². The Morgan fingerprint density at radius 1 is 0.325 bits per heavy atom. The van der Waals surface area contributed by atoms with Gasteiger partial charge >= 0.3 is 0 Å². The van der Waals surface area contributed by atoms with Crippen molar-refractivity contribution in [1.82, 2.24) is 76.3 Å². The number of hydrogen-bond donors (Lipinski definition) is 6. The Hall–Kier alpha value is -11.1. The average molecular weight is 1720 g/mol. The predicted molar refractivity (Wildman–Crippen MR) is 479 cm³/mol. The second-order valence-electron chi connectivity index (χ2n) is 34.9. The van der Waals surface area contributed by atoms with Crippen LogP contribution in [0.3, 0.4) is 0 Å². The Morgan fingerprint density at radius 3 is 1.11 bits per heavy atom. The van der Waals surface area contributed by atoms with Crippen LogP contribution in [-0.2, 0) is 0 Å². The molecule has 9 aliphatic heterocycles. The van der Waals surface area contributed by atoms with E-state index in [0.29, 0.717) is 148 Å². The smallest absolute Gasteiger partial charge is 0.255 e. The van der Waals surface area contributed by atoms with Crippen molar-refractivity contribution in [3.8, 4) is 39.9 Å². The second kappa shape index (κ2) is 41.6. The lowest BCUT2D eigenvalue weighted by molar-refractivity contribution is 0.0535. The second-order valence-corrected chi connectivity index (χ2v) is 34.9. The van der Waals surface area contributed by atoms with E-state index in [1.54, 1.807) is 51.4 Å². The highest BCUT2D eigenvalue weighted by atomic mass is 19.2. The quantitative estimate of drug-likeness (QED) is 0.0466. The first-order chi connectivity index (χ1) is 61.3. The van der Waals surface area contributed by atoms with E-state index < -0.39 is 11.6 Å². The third kappa shape index (κ3) is 21.9. The highest BCUT2D eigenvalue weighted by Crippen LogP contribution is 2.40. The standard InChI is InChI=1S/C33H38FN5O3.C32H36F2N6O3.C32H44N6O3/c1-22-16-25(23-6-9-35-10-7-23)18-26(17-22)32(40)38-12-14-39(15-13-38)33(41)27-19-30(24-2-4-28(34)5-3-24)31(37-20-27)42-29-8-11-36-21-29;1-21-14-23(16-25(15-21)38-8-6-35-7-9-38)31(41)39-10-12-40(13-11-39)32(42)24-17-27(22-2-3-28(33)29(34)18-22)30(37-19-24)43-26-4-5-36-20-26;1-23-17-25(19-27(18-23)36-11-9-33-10-12-36)31(39)37-13-15-38(16-14-37)32(40)26-20-29(24-5-3-2-4-6-24)30(35-21-26)41-28-7-8-34-22-28/h2-5,16-20,23,29,35-36H,6-15,21H2,1H3;2-3,14-19,26,35-36H,4-13,20H2,1H3;17-21,24,28,33-34H,2-16,22H2,1H3/t29-;26-;28-/m000/s1. The number of anilines is 2. The molecule has 18 rings (SSSR count). The zero-order valence-electron chi connectivity index (χ0n) is 72.7. The van der Waals surface area contributed by atoms with Gasteiger partial charge in [0.1, 0.15) is 24.1 Å². The number of ether oxygens (including phenoxy) is 3. The first kappa shape index (κ1) is 88.4. The van der Waals surface area contributed by atoms with Gasteiger partial charge in [-0.25, -0.2) is 28.1 Å². The molecule has 3 atom stereocenters. The molecule has 6 N–H and O–H groups in total. The van der Waals surface area contributed by atoms with Gasteiger partial charge in [0.05, 0.1) is 16.7 Å². The maximum atomic E-state index is 14.2. The summed E-state index contributed by atoms with van der Waals surface area (Å²) in [6, 6.07) is 33.6. The summed E-state index contributed by atoms with van der Waals surface area (Å²) in [6.07, 6.45) is 15.5. The summed E-state index contributed by atoms with van der Waals surface area (Å²) in [5.74, 6) is -0.371. The molecule has 3 aromatic heterocycles. The molecule has 6 amide bonds. The van der Waals surface area contributed by atoms with Crippen LogP contribution in [-0.4, -0.2) is 281 Å². The fourth-order valence-electron chi connectivity index (χ4n) is 18.8. The van der Waals surface area contributed by atoms with E-state index in [1.807, 2.05) is 64.9 Å². The van der Waals surface area contributed by atoms with Crippen molar-refractivity contribution in [2.75, 3.05) is 193 Å². The first-order valence-electron chi connectivity index (χ1n) is 45.4. The number of nitrogens with one attached hydrogen (secondary N) is 6. The van der Waals surface area contributed by atoms with Gasteiger partial charge in [0.2, 0.25) is 17.6 Å². The summed E-state index contributed by atoms with van der Waals surface area (Å²) in [5, 5.41) is 20.0. The van der Waals surface area contributed by atoms with E-state index in [9.17, 15) is 41.9 Å². The summed E-state index contributed by atoms with van der Waals surface area (Å²) in [6.45, 7) is 25.9. The van der Waals surface area contributed by atoms with Crippen molar-refractivity contribution in [3.05, 3.63) is 213 Å². The van der Waals surface area contributed by atoms with Crippen molar-refractivity contribution >= 4 is 46.8 Å². The summed E-state index contributed by atoms with van der Waals surface area (Å²) in [4.78, 5) is 110. The molecule has 0 radical (unpaired) electrons. The molecule has 8 aromatic rings. The molecule has 126 heavy (non-hydrogen) atoms. The van der Waals surface area contributed by atoms with Crippen LogP contribution < -0.4 is 55.9 Å². The number of rotatable bonds is 18. The zero-order valence-corrected chi connectivity index (χ0v) is 72.7. The highest BCUT2D eigenvalue weighted by Gasteiger charge is 2.35. The molecular weight excluding hydrogens is 1600 g/mol. The van der Waals surface area contributed by atoms with Crippen LogP contribution >= 0.6 is 0 Å². The Balaban J connectivity index is 0.000000139. The van der Waals surface area contributed by atoms with Crippen molar-refractivity contribution in [2.45, 2.75) is 115 Å². The molecule has 666 valence electrons. The number of benzene rings is 5. The normalized spacial score (nSPS) is 20.3. The molecule has 0 spiro atoms. The summed E-state index contributed by atoms with van der Waals surface area (Å²) >= 11 is 0. The van der Waals surface area contributed by atoms with Crippen LogP contribution in [0, 0.1) is 38.2 Å². The number of carbonyl (C=O) groups excluding carboxylic acids is 6. The molecule has 10 aliphatic rings. The number of nitrogens with zero attached hydrogens (tertiary/aromatic N) is 11. The molecule has 0 unspecified atom stereocenters. The summed E-state index contributed by atoms with van der Waals surface area (Å²) in [7, 11) is 0. The molecule has 1 saturated carbocycles. The largest absolute Gasteiger partial charge is 0.473 e. The topological polar surface area (TPSA) is 267 Å². The van der Waals surface area contributed by atoms with Crippen LogP contribution in [0.2, 0.25) is 0 Å². The van der Waals surface area contributed by atoms with Gasteiger partial charge in [0, 0.05) is 214 Å². The Kier molecular flexibility index (Phi) is 29.2. The number of aromatic nitrogens is 3. The number of aryl methyl sites for hydroxylation is 3. The lowest BCUT2D eigenvalue weighted by Gasteiger charge is -2.35. The number of piperidine rings is 1. The van der Waals surface area contributed by atoms with Crippen molar-refractivity contribution in [2.24, 2.45) is 0 Å². The van der Waals surface area contributed by atoms with Crippen LogP contribution in [0.5, 0.6) is 17.6 Å². The number of hydrogen-bond acceptors (Lipinski definition) is 20. The van der Waals surface area contributed by atoms with Crippen molar-refractivity contribution < 1.29 is 56.1 Å². The molecule has 9 saturated heterocycles. The Morgan fingerprint density at radius 2 is 0.690 bits per heavy atom. The van der Waals surface area contributed by atoms with Crippen LogP contribution in [0.1, 0.15) is 166 Å². The summed E-state index contributed by atoms with van der Waals surface area (Å²) < 4.78 is 60.1. The van der Waals surface area contributed by atoms with Gasteiger partial charge in [0.25, 0.3) is 35.4 Å². The minimum atomic E-state index is -0.989. The lowest BCUT2D eigenvalue weighted by atomic mass is 9.84. The van der Waals surface area contributed by atoms with Gasteiger partial charge in [-0.15, -0.1) is 0 Å². The van der Waals surface area contributed by atoms with E-state index in [1.165, 1.54) is 49.2 Å².